The van der Waals surface area contributed by atoms with E-state index in [0.717, 1.165) is 56.2 Å². The number of aryl methyl sites for hydroxylation is 2. The molecule has 26 heavy (non-hydrogen) atoms. The molecule has 1 amide bonds. The molecule has 136 valence electrons. The number of pyridine rings is 1. The molecule has 1 spiro atoms. The second kappa shape index (κ2) is 6.67. The van der Waals surface area contributed by atoms with Crippen LogP contribution >= 0.6 is 0 Å². The molecule has 0 radical (unpaired) electrons. The number of hydrogen-bond acceptors (Lipinski definition) is 5. The standard InChI is InChI=1S/C20H25N5O/c1-15-4-6-17(12-21-15)19(26)25-11-9-20(14-25)8-3-10-24(13-20)18-7-5-16(2)22-23-18/h4-7,12H,3,8-11,13-14H2,1-2H3/t20-/m1/s1. The summed E-state index contributed by atoms with van der Waals surface area (Å²) in [7, 11) is 0. The predicted molar refractivity (Wildman–Crippen MR) is 100 cm³/mol. The molecule has 2 aliphatic heterocycles. The molecular formula is C20H25N5O. The molecular weight excluding hydrogens is 326 g/mol. The van der Waals surface area contributed by atoms with Gasteiger partial charge in [0.05, 0.1) is 11.3 Å². The van der Waals surface area contributed by atoms with Crippen LogP contribution < -0.4 is 4.90 Å². The number of amides is 1. The lowest BCUT2D eigenvalue weighted by atomic mass is 9.79. The fraction of sp³-hybridized carbons (Fsp3) is 0.500. The third-order valence-corrected chi connectivity index (χ3v) is 5.65. The molecule has 0 saturated carbocycles. The van der Waals surface area contributed by atoms with Gasteiger partial charge in [-0.05, 0) is 57.4 Å². The summed E-state index contributed by atoms with van der Waals surface area (Å²) < 4.78 is 0. The smallest absolute Gasteiger partial charge is 0.255 e. The highest BCUT2D eigenvalue weighted by atomic mass is 16.2. The minimum absolute atomic E-state index is 0.0987. The van der Waals surface area contributed by atoms with Crippen LogP contribution in [0.4, 0.5) is 5.82 Å². The molecule has 4 heterocycles. The maximum Gasteiger partial charge on any atom is 0.255 e. The Labute approximate surface area is 154 Å². The fourth-order valence-corrected chi connectivity index (χ4v) is 4.18. The number of piperidine rings is 1. The molecule has 2 saturated heterocycles. The number of hydrogen-bond donors (Lipinski definition) is 0. The topological polar surface area (TPSA) is 62.2 Å². The van der Waals surface area contributed by atoms with Gasteiger partial charge in [-0.2, -0.15) is 5.10 Å². The highest BCUT2D eigenvalue weighted by Gasteiger charge is 2.43. The summed E-state index contributed by atoms with van der Waals surface area (Å²) >= 11 is 0. The van der Waals surface area contributed by atoms with E-state index in [2.05, 4.69) is 26.1 Å². The van der Waals surface area contributed by atoms with E-state index in [-0.39, 0.29) is 11.3 Å². The monoisotopic (exact) mass is 351 g/mol. The number of nitrogens with zero attached hydrogens (tertiary/aromatic N) is 5. The molecule has 1 atom stereocenters. The second-order valence-electron chi connectivity index (χ2n) is 7.72. The quantitative estimate of drug-likeness (QED) is 0.832. The lowest BCUT2D eigenvalue weighted by Crippen LogP contribution is -2.45. The average Bonchev–Trinajstić information content (AvgIpc) is 3.05. The van der Waals surface area contributed by atoms with Gasteiger partial charge in [0.1, 0.15) is 0 Å². The molecule has 2 aliphatic rings. The van der Waals surface area contributed by atoms with Crippen molar-refractivity contribution < 1.29 is 4.79 Å². The number of rotatable bonds is 2. The number of carbonyl (C=O) groups excluding carboxylic acids is 1. The van der Waals surface area contributed by atoms with Gasteiger partial charge >= 0.3 is 0 Å². The molecule has 0 bridgehead atoms. The molecule has 2 aromatic heterocycles. The van der Waals surface area contributed by atoms with Crippen LogP contribution in [0.3, 0.4) is 0 Å². The van der Waals surface area contributed by atoms with E-state index in [1.807, 2.05) is 36.9 Å². The third-order valence-electron chi connectivity index (χ3n) is 5.65. The van der Waals surface area contributed by atoms with E-state index >= 15 is 0 Å². The Bertz CT molecular complexity index is 789. The molecule has 2 fully saturated rings. The highest BCUT2D eigenvalue weighted by molar-refractivity contribution is 5.94. The number of likely N-dealkylation sites (tertiary alicyclic amines) is 1. The molecule has 6 heteroatoms. The van der Waals surface area contributed by atoms with Crippen LogP contribution in [0.1, 0.15) is 41.0 Å². The van der Waals surface area contributed by atoms with E-state index in [1.54, 1.807) is 6.20 Å². The largest absolute Gasteiger partial charge is 0.355 e. The van der Waals surface area contributed by atoms with Gasteiger partial charge in [-0.1, -0.05) is 0 Å². The summed E-state index contributed by atoms with van der Waals surface area (Å²) in [5, 5.41) is 8.55. The van der Waals surface area contributed by atoms with Gasteiger partial charge in [-0.15, -0.1) is 5.10 Å². The number of aromatic nitrogens is 3. The average molecular weight is 351 g/mol. The van der Waals surface area contributed by atoms with Gasteiger partial charge in [0, 0.05) is 43.5 Å². The zero-order valence-corrected chi connectivity index (χ0v) is 15.5. The zero-order chi connectivity index (χ0) is 18.1. The van der Waals surface area contributed by atoms with E-state index in [9.17, 15) is 4.79 Å². The first-order valence-electron chi connectivity index (χ1n) is 9.32. The molecule has 6 nitrogen and oxygen atoms in total. The SMILES string of the molecule is Cc1ccc(C(=O)N2CC[C@@]3(CCCN(c4ccc(C)nn4)C3)C2)cn1. The summed E-state index contributed by atoms with van der Waals surface area (Å²) in [5.74, 6) is 1.05. The van der Waals surface area contributed by atoms with Gasteiger partial charge < -0.3 is 9.80 Å². The molecule has 4 rings (SSSR count). The normalized spacial score (nSPS) is 22.8. The van der Waals surface area contributed by atoms with E-state index < -0.39 is 0 Å². The van der Waals surface area contributed by atoms with Crippen molar-refractivity contribution in [3.05, 3.63) is 47.4 Å². The van der Waals surface area contributed by atoms with Crippen LogP contribution in [0, 0.1) is 19.3 Å². The first kappa shape index (κ1) is 16.9. The lowest BCUT2D eigenvalue weighted by Gasteiger charge is -2.40. The Morgan fingerprint density at radius 1 is 1.00 bits per heavy atom. The van der Waals surface area contributed by atoms with Crippen molar-refractivity contribution in [2.75, 3.05) is 31.1 Å². The van der Waals surface area contributed by atoms with Crippen molar-refractivity contribution in [1.29, 1.82) is 0 Å². The van der Waals surface area contributed by atoms with Crippen LogP contribution in [0.5, 0.6) is 0 Å². The Morgan fingerprint density at radius 2 is 1.85 bits per heavy atom. The Balaban J connectivity index is 1.47. The van der Waals surface area contributed by atoms with Crippen LogP contribution in [0.15, 0.2) is 30.5 Å². The van der Waals surface area contributed by atoms with Crippen molar-refractivity contribution in [2.45, 2.75) is 33.1 Å². The van der Waals surface area contributed by atoms with Crippen molar-refractivity contribution in [3.63, 3.8) is 0 Å². The number of carbonyl (C=O) groups is 1. The summed E-state index contributed by atoms with van der Waals surface area (Å²) in [6.45, 7) is 7.48. The Kier molecular flexibility index (Phi) is 4.34. The molecule has 2 aromatic rings. The van der Waals surface area contributed by atoms with Gasteiger partial charge in [0.2, 0.25) is 0 Å². The third kappa shape index (κ3) is 3.28. The summed E-state index contributed by atoms with van der Waals surface area (Å²) in [5.41, 5.74) is 2.72. The van der Waals surface area contributed by atoms with Gasteiger partial charge in [-0.25, -0.2) is 0 Å². The van der Waals surface area contributed by atoms with Gasteiger partial charge in [0.15, 0.2) is 5.82 Å². The summed E-state index contributed by atoms with van der Waals surface area (Å²) in [6, 6.07) is 7.85. The maximum absolute atomic E-state index is 12.8. The first-order chi connectivity index (χ1) is 12.5. The van der Waals surface area contributed by atoms with Crippen molar-refractivity contribution in [2.24, 2.45) is 5.41 Å². The molecule has 0 N–H and O–H groups in total. The van der Waals surface area contributed by atoms with E-state index in [4.69, 9.17) is 0 Å². The van der Waals surface area contributed by atoms with Gasteiger partial charge in [-0.3, -0.25) is 9.78 Å². The molecule has 0 aliphatic carbocycles. The Hall–Kier alpha value is -2.50. The van der Waals surface area contributed by atoms with E-state index in [1.165, 1.54) is 6.42 Å². The first-order valence-corrected chi connectivity index (χ1v) is 9.32. The maximum atomic E-state index is 12.8. The van der Waals surface area contributed by atoms with Crippen LogP contribution in [-0.4, -0.2) is 52.2 Å². The van der Waals surface area contributed by atoms with E-state index in [0.29, 0.717) is 5.56 Å². The van der Waals surface area contributed by atoms with Crippen LogP contribution in [0.25, 0.3) is 0 Å². The van der Waals surface area contributed by atoms with Crippen molar-refractivity contribution in [3.8, 4) is 0 Å². The minimum Gasteiger partial charge on any atom is -0.355 e. The van der Waals surface area contributed by atoms with Crippen LogP contribution in [-0.2, 0) is 0 Å². The number of anilines is 1. The fourth-order valence-electron chi connectivity index (χ4n) is 4.18. The lowest BCUT2D eigenvalue weighted by molar-refractivity contribution is 0.0767. The zero-order valence-electron chi connectivity index (χ0n) is 15.5. The predicted octanol–water partition coefficient (Wildman–Crippen LogP) is 2.62. The summed E-state index contributed by atoms with van der Waals surface area (Å²) in [4.78, 5) is 21.4. The second-order valence-corrected chi connectivity index (χ2v) is 7.72. The summed E-state index contributed by atoms with van der Waals surface area (Å²) in [6.07, 6.45) is 5.04. The van der Waals surface area contributed by atoms with Gasteiger partial charge in [0.25, 0.3) is 5.91 Å². The molecule has 0 unspecified atom stereocenters. The highest BCUT2D eigenvalue weighted by Crippen LogP contribution is 2.40. The Morgan fingerprint density at radius 3 is 2.58 bits per heavy atom. The van der Waals surface area contributed by atoms with Crippen LogP contribution in [0.2, 0.25) is 0 Å². The van der Waals surface area contributed by atoms with Crippen molar-refractivity contribution >= 4 is 11.7 Å². The molecule has 0 aromatic carbocycles. The van der Waals surface area contributed by atoms with Crippen molar-refractivity contribution in [1.82, 2.24) is 20.1 Å². The minimum atomic E-state index is 0.0987.